The van der Waals surface area contributed by atoms with Gasteiger partial charge in [0.25, 0.3) is 5.91 Å². The minimum Gasteiger partial charge on any atom is -0.478 e. The molecule has 4 N–H and O–H groups in total. The molecule has 1 aliphatic carbocycles. The molecular formula is C32H35N3O7. The number of carbonyl (C=O) groups is 4. The summed E-state index contributed by atoms with van der Waals surface area (Å²) in [6.07, 6.45) is -0.775. The highest BCUT2D eigenvalue weighted by Crippen LogP contribution is 2.44. The van der Waals surface area contributed by atoms with Gasteiger partial charge in [-0.1, -0.05) is 48.5 Å². The van der Waals surface area contributed by atoms with Crippen LogP contribution >= 0.6 is 0 Å². The summed E-state index contributed by atoms with van der Waals surface area (Å²) in [5.74, 6) is -1.62. The molecular weight excluding hydrogens is 538 g/mol. The van der Waals surface area contributed by atoms with Gasteiger partial charge < -0.3 is 30.5 Å². The van der Waals surface area contributed by atoms with Crippen molar-refractivity contribution in [3.8, 4) is 11.1 Å². The van der Waals surface area contributed by atoms with Crippen molar-refractivity contribution < 1.29 is 33.8 Å². The van der Waals surface area contributed by atoms with Crippen LogP contribution in [0.3, 0.4) is 0 Å². The first-order valence-electron chi connectivity index (χ1n) is 13.7. The van der Waals surface area contributed by atoms with E-state index in [1.807, 2.05) is 24.3 Å². The lowest BCUT2D eigenvalue weighted by Gasteiger charge is -2.20. The summed E-state index contributed by atoms with van der Waals surface area (Å²) in [6.45, 7) is 5.80. The van der Waals surface area contributed by atoms with E-state index in [0.717, 1.165) is 22.3 Å². The third-order valence-corrected chi connectivity index (χ3v) is 6.67. The van der Waals surface area contributed by atoms with Gasteiger partial charge in [-0.05, 0) is 73.2 Å². The second-order valence-electron chi connectivity index (χ2n) is 10.9. The van der Waals surface area contributed by atoms with Crippen molar-refractivity contribution in [2.24, 2.45) is 0 Å². The maximum atomic E-state index is 12.7. The fourth-order valence-corrected chi connectivity index (χ4v) is 4.80. The fraction of sp³-hybridized carbons (Fsp3) is 0.312. The number of rotatable bonds is 10. The molecule has 0 radical (unpaired) electrons. The summed E-state index contributed by atoms with van der Waals surface area (Å²) in [5.41, 5.74) is 4.34. The number of carbonyl (C=O) groups excluding carboxylic acids is 3. The van der Waals surface area contributed by atoms with Crippen molar-refractivity contribution in [2.45, 2.75) is 45.3 Å². The van der Waals surface area contributed by atoms with Crippen LogP contribution in [0.2, 0.25) is 0 Å². The number of carboxylic acid groups (broad SMARTS) is 1. The molecule has 0 unspecified atom stereocenters. The average Bonchev–Trinajstić information content (AvgIpc) is 3.27. The summed E-state index contributed by atoms with van der Waals surface area (Å²) in [4.78, 5) is 48.6. The third-order valence-electron chi connectivity index (χ3n) is 6.67. The van der Waals surface area contributed by atoms with Crippen LogP contribution in [0.15, 0.2) is 66.7 Å². The van der Waals surface area contributed by atoms with E-state index in [2.05, 4.69) is 40.2 Å². The Morgan fingerprint density at radius 2 is 1.43 bits per heavy atom. The zero-order valence-electron chi connectivity index (χ0n) is 23.9. The number of ether oxygens (including phenoxy) is 2. The van der Waals surface area contributed by atoms with Gasteiger partial charge in [-0.3, -0.25) is 4.79 Å². The third kappa shape index (κ3) is 7.66. The van der Waals surface area contributed by atoms with E-state index in [0.29, 0.717) is 13.0 Å². The smallest absolute Gasteiger partial charge is 0.407 e. The Kier molecular flexibility index (Phi) is 9.46. The Bertz CT molecular complexity index is 1430. The van der Waals surface area contributed by atoms with E-state index in [4.69, 9.17) is 9.47 Å². The summed E-state index contributed by atoms with van der Waals surface area (Å²) in [7, 11) is 0. The topological polar surface area (TPSA) is 143 Å². The predicted octanol–water partition coefficient (Wildman–Crippen LogP) is 5.07. The number of hydrogen-bond acceptors (Lipinski definition) is 6. The molecule has 4 rings (SSSR count). The van der Waals surface area contributed by atoms with Crippen LogP contribution in [0.1, 0.15) is 70.5 Å². The zero-order chi connectivity index (χ0) is 30.3. The van der Waals surface area contributed by atoms with Crippen molar-refractivity contribution in [1.82, 2.24) is 16.0 Å². The molecule has 10 nitrogen and oxygen atoms in total. The van der Waals surface area contributed by atoms with Crippen LogP contribution in [0.5, 0.6) is 0 Å². The lowest BCUT2D eigenvalue weighted by molar-refractivity contribution is 0.0520. The number of carboxylic acids is 1. The molecule has 0 saturated carbocycles. The summed E-state index contributed by atoms with van der Waals surface area (Å²) >= 11 is 0. The van der Waals surface area contributed by atoms with Gasteiger partial charge in [-0.15, -0.1) is 0 Å². The molecule has 1 aliphatic rings. The Balaban J connectivity index is 1.22. The first kappa shape index (κ1) is 30.1. The van der Waals surface area contributed by atoms with E-state index >= 15 is 0 Å². The fourth-order valence-electron chi connectivity index (χ4n) is 4.80. The van der Waals surface area contributed by atoms with Crippen LogP contribution in [-0.2, 0) is 16.0 Å². The van der Waals surface area contributed by atoms with E-state index < -0.39 is 29.7 Å². The molecule has 42 heavy (non-hydrogen) atoms. The second kappa shape index (κ2) is 13.2. The molecule has 0 aromatic heterocycles. The van der Waals surface area contributed by atoms with Crippen LogP contribution in [0.25, 0.3) is 11.1 Å². The van der Waals surface area contributed by atoms with Gasteiger partial charge in [-0.2, -0.15) is 0 Å². The largest absolute Gasteiger partial charge is 0.478 e. The summed E-state index contributed by atoms with van der Waals surface area (Å²) in [5, 5.41) is 17.5. The van der Waals surface area contributed by atoms with E-state index in [1.165, 1.54) is 18.2 Å². The van der Waals surface area contributed by atoms with Crippen LogP contribution in [0, 0.1) is 0 Å². The average molecular weight is 574 g/mol. The van der Waals surface area contributed by atoms with Crippen LogP contribution < -0.4 is 16.0 Å². The predicted molar refractivity (Wildman–Crippen MR) is 156 cm³/mol. The highest BCUT2D eigenvalue weighted by Gasteiger charge is 2.29. The molecule has 0 bridgehead atoms. The van der Waals surface area contributed by atoms with Gasteiger partial charge >= 0.3 is 18.2 Å². The van der Waals surface area contributed by atoms with Crippen molar-refractivity contribution in [2.75, 3.05) is 19.7 Å². The lowest BCUT2D eigenvalue weighted by atomic mass is 9.98. The molecule has 0 spiro atoms. The first-order chi connectivity index (χ1) is 20.0. The van der Waals surface area contributed by atoms with E-state index in [1.54, 1.807) is 20.8 Å². The monoisotopic (exact) mass is 573 g/mol. The van der Waals surface area contributed by atoms with Crippen LogP contribution in [0.4, 0.5) is 9.59 Å². The van der Waals surface area contributed by atoms with Crippen molar-refractivity contribution in [3.63, 3.8) is 0 Å². The minimum atomic E-state index is -1.18. The number of benzene rings is 3. The Hall–Kier alpha value is -4.86. The van der Waals surface area contributed by atoms with E-state index in [9.17, 15) is 24.3 Å². The van der Waals surface area contributed by atoms with Crippen molar-refractivity contribution >= 4 is 24.1 Å². The molecule has 3 amide bonds. The Labute approximate surface area is 244 Å². The molecule has 220 valence electrons. The highest BCUT2D eigenvalue weighted by molar-refractivity contribution is 5.96. The second-order valence-corrected chi connectivity index (χ2v) is 10.9. The van der Waals surface area contributed by atoms with Gasteiger partial charge in [0, 0.05) is 31.1 Å². The Morgan fingerprint density at radius 1 is 0.810 bits per heavy atom. The number of nitrogens with one attached hydrogen (secondary N) is 3. The van der Waals surface area contributed by atoms with Crippen molar-refractivity contribution in [1.29, 1.82) is 0 Å². The summed E-state index contributed by atoms with van der Waals surface area (Å²) < 4.78 is 10.7. The highest BCUT2D eigenvalue weighted by atomic mass is 16.6. The molecule has 3 aromatic rings. The van der Waals surface area contributed by atoms with Gasteiger partial charge in [0.15, 0.2) is 0 Å². The normalized spacial score (nSPS) is 12.1. The maximum absolute atomic E-state index is 12.7. The lowest BCUT2D eigenvalue weighted by Crippen LogP contribution is -2.32. The summed E-state index contributed by atoms with van der Waals surface area (Å²) in [6, 6.07) is 20.4. The molecule has 10 heteroatoms. The molecule has 0 saturated heterocycles. The number of fused-ring (bicyclic) bond motifs is 3. The maximum Gasteiger partial charge on any atom is 0.407 e. The minimum absolute atomic E-state index is 0.0285. The van der Waals surface area contributed by atoms with Gasteiger partial charge in [-0.25, -0.2) is 14.4 Å². The number of hydrogen-bond donors (Lipinski definition) is 4. The molecule has 0 fully saturated rings. The Morgan fingerprint density at radius 3 is 2.05 bits per heavy atom. The van der Waals surface area contributed by atoms with Gasteiger partial charge in [0.05, 0.1) is 5.56 Å². The standard InChI is InChI=1S/C32H35N3O7/c1-32(2,3)42-31(40)35-18-21-17-20(13-14-22(21)29(37)38)28(36)33-15-8-16-34-30(39)41-19-27-25-11-6-4-9-23(25)24-10-5-7-12-26(24)27/h4-7,9-14,17,27H,8,15-16,18-19H2,1-3H3,(H,33,36)(H,34,39)(H,35,40)(H,37,38). The van der Waals surface area contributed by atoms with Crippen LogP contribution in [-0.4, -0.2) is 54.5 Å². The van der Waals surface area contributed by atoms with Crippen molar-refractivity contribution in [3.05, 3.63) is 94.5 Å². The zero-order valence-corrected chi connectivity index (χ0v) is 23.9. The first-order valence-corrected chi connectivity index (χ1v) is 13.7. The number of alkyl carbamates (subject to hydrolysis) is 2. The quantitative estimate of drug-likeness (QED) is 0.248. The SMILES string of the molecule is CC(C)(C)OC(=O)NCc1cc(C(=O)NCCCNC(=O)OCC2c3ccccc3-c3ccccc32)ccc1C(=O)O. The van der Waals surface area contributed by atoms with E-state index in [-0.39, 0.29) is 42.3 Å². The van der Waals surface area contributed by atoms with Gasteiger partial charge in [0.1, 0.15) is 12.2 Å². The number of aromatic carboxylic acids is 1. The molecule has 0 heterocycles. The molecule has 3 aromatic carbocycles. The molecule has 0 aliphatic heterocycles. The number of amides is 3. The van der Waals surface area contributed by atoms with Gasteiger partial charge in [0.2, 0.25) is 0 Å². The molecule has 0 atom stereocenters.